The molecule has 0 bridgehead atoms. The molecule has 0 aromatic heterocycles. The standard InChI is InChI=1S/C64H109N2O7P/c1-7-10-13-16-19-22-25-28-30-31-32-33-34-35-36-39-42-45-48-51-54-57-64(68)73-62(55-52-49-46-43-40-37-27-24-21-18-15-12-9-3)61(60-72-74(69,70)71-59-58-66(4,5)6)65-63(67)56-53-50-47-44-41-38-29-26-23-20-17-14-11-8-2/h10-11,13-14,19-20,22-23,28-30,32-33,35-36,38,42,45,52,55,61-62H,7-9,12,15-18,21,24-27,31,34,37,39-41,43-44,46-51,53-54,56-60H2,1-6H3,(H-,65,67,69,70)/p+1/b13-10-,14-11+,22-19-,23-20+,30-28-,33-32-,36-35-,38-29+,45-42-,55-52-. The van der Waals surface area contributed by atoms with Gasteiger partial charge in [-0.25, -0.2) is 4.57 Å². The van der Waals surface area contributed by atoms with Crippen molar-refractivity contribution in [2.24, 2.45) is 0 Å². The second-order valence-electron chi connectivity index (χ2n) is 20.4. The van der Waals surface area contributed by atoms with E-state index in [0.29, 0.717) is 23.9 Å². The fourth-order valence-corrected chi connectivity index (χ4v) is 8.40. The predicted molar refractivity (Wildman–Crippen MR) is 318 cm³/mol. The number of ether oxygens (including phenoxy) is 1. The number of nitrogens with zero attached hydrogens (tertiary/aromatic N) is 1. The van der Waals surface area contributed by atoms with Crippen LogP contribution in [0, 0.1) is 0 Å². The highest BCUT2D eigenvalue weighted by atomic mass is 31.2. The van der Waals surface area contributed by atoms with Crippen molar-refractivity contribution in [1.82, 2.24) is 5.32 Å². The molecule has 0 rings (SSSR count). The molecule has 10 heteroatoms. The van der Waals surface area contributed by atoms with Crippen LogP contribution in [0.5, 0.6) is 0 Å². The first-order chi connectivity index (χ1) is 35.9. The highest BCUT2D eigenvalue weighted by molar-refractivity contribution is 7.47. The van der Waals surface area contributed by atoms with Crippen LogP contribution in [0.4, 0.5) is 0 Å². The number of likely N-dealkylation sites (N-methyl/N-ethyl adjacent to an activating group) is 1. The predicted octanol–water partition coefficient (Wildman–Crippen LogP) is 17.9. The first-order valence-electron chi connectivity index (χ1n) is 29.4. The summed E-state index contributed by atoms with van der Waals surface area (Å²) in [5.74, 6) is -0.592. The molecule has 0 aromatic carbocycles. The number of hydrogen-bond donors (Lipinski definition) is 2. The second-order valence-corrected chi connectivity index (χ2v) is 21.9. The van der Waals surface area contributed by atoms with Gasteiger partial charge >= 0.3 is 13.8 Å². The molecule has 0 heterocycles. The Balaban J connectivity index is 5.45. The number of phosphoric ester groups is 1. The van der Waals surface area contributed by atoms with Gasteiger partial charge in [-0.05, 0) is 115 Å². The second kappa shape index (κ2) is 52.8. The van der Waals surface area contributed by atoms with Crippen molar-refractivity contribution in [2.75, 3.05) is 40.9 Å². The normalized spacial score (nSPS) is 14.6. The number of unbranched alkanes of at least 4 members (excludes halogenated alkanes) is 17. The van der Waals surface area contributed by atoms with Gasteiger partial charge in [0, 0.05) is 12.8 Å². The Morgan fingerprint density at radius 1 is 0.486 bits per heavy atom. The number of rotatable bonds is 51. The molecular weight excluding hydrogens is 940 g/mol. The number of carbonyl (C=O) groups excluding carboxylic acids is 2. The van der Waals surface area contributed by atoms with Crippen LogP contribution in [-0.4, -0.2) is 74.3 Å². The molecule has 0 spiro atoms. The van der Waals surface area contributed by atoms with E-state index in [0.717, 1.165) is 116 Å². The van der Waals surface area contributed by atoms with Crippen molar-refractivity contribution in [1.29, 1.82) is 0 Å². The molecule has 0 fully saturated rings. The molecule has 0 saturated carbocycles. The molecule has 74 heavy (non-hydrogen) atoms. The average Bonchev–Trinajstić information content (AvgIpc) is 3.36. The van der Waals surface area contributed by atoms with E-state index in [-0.39, 0.29) is 37.9 Å². The van der Waals surface area contributed by atoms with E-state index in [9.17, 15) is 19.0 Å². The van der Waals surface area contributed by atoms with E-state index >= 15 is 0 Å². The van der Waals surface area contributed by atoms with Crippen molar-refractivity contribution in [3.8, 4) is 0 Å². The van der Waals surface area contributed by atoms with Gasteiger partial charge in [0.05, 0.1) is 33.8 Å². The lowest BCUT2D eigenvalue weighted by Crippen LogP contribution is -2.47. The van der Waals surface area contributed by atoms with E-state index < -0.39 is 20.0 Å². The van der Waals surface area contributed by atoms with Crippen molar-refractivity contribution in [3.63, 3.8) is 0 Å². The van der Waals surface area contributed by atoms with Gasteiger partial charge in [-0.3, -0.25) is 18.6 Å². The molecule has 0 saturated heterocycles. The van der Waals surface area contributed by atoms with E-state index in [2.05, 4.69) is 135 Å². The molecule has 3 unspecified atom stereocenters. The number of nitrogens with one attached hydrogen (secondary N) is 1. The van der Waals surface area contributed by atoms with E-state index in [1.54, 1.807) is 0 Å². The van der Waals surface area contributed by atoms with Crippen LogP contribution in [0.25, 0.3) is 0 Å². The zero-order chi connectivity index (χ0) is 54.3. The summed E-state index contributed by atoms with van der Waals surface area (Å²) in [5.41, 5.74) is 0. The molecule has 1 amide bonds. The minimum atomic E-state index is -4.47. The highest BCUT2D eigenvalue weighted by Crippen LogP contribution is 2.43. The van der Waals surface area contributed by atoms with Gasteiger partial charge in [-0.15, -0.1) is 0 Å². The number of phosphoric acid groups is 1. The Morgan fingerprint density at radius 3 is 1.31 bits per heavy atom. The minimum Gasteiger partial charge on any atom is -0.456 e. The number of carbonyl (C=O) groups is 2. The average molecular weight is 1050 g/mol. The number of quaternary nitrogens is 1. The first-order valence-corrected chi connectivity index (χ1v) is 30.9. The molecule has 0 aromatic rings. The first kappa shape index (κ1) is 70.4. The molecule has 0 radical (unpaired) electrons. The summed E-state index contributed by atoms with van der Waals surface area (Å²) in [5, 5.41) is 3.02. The van der Waals surface area contributed by atoms with Crippen LogP contribution in [0.15, 0.2) is 122 Å². The summed E-state index contributed by atoms with van der Waals surface area (Å²) in [7, 11) is 1.44. The van der Waals surface area contributed by atoms with E-state index in [1.165, 1.54) is 57.8 Å². The van der Waals surface area contributed by atoms with Crippen LogP contribution in [-0.2, 0) is 27.9 Å². The van der Waals surface area contributed by atoms with Crippen LogP contribution >= 0.6 is 7.82 Å². The number of amides is 1. The third-order valence-electron chi connectivity index (χ3n) is 12.1. The molecule has 0 aliphatic heterocycles. The number of hydrogen-bond acceptors (Lipinski definition) is 6. The van der Waals surface area contributed by atoms with Crippen molar-refractivity contribution < 1.29 is 37.3 Å². The Bertz CT molecular complexity index is 1680. The number of esters is 1. The van der Waals surface area contributed by atoms with Gasteiger partial charge in [-0.1, -0.05) is 213 Å². The summed E-state index contributed by atoms with van der Waals surface area (Å²) in [6.45, 7) is 6.71. The maximum absolute atomic E-state index is 13.5. The van der Waals surface area contributed by atoms with Crippen molar-refractivity contribution in [3.05, 3.63) is 122 Å². The van der Waals surface area contributed by atoms with Gasteiger partial charge in [-0.2, -0.15) is 0 Å². The smallest absolute Gasteiger partial charge is 0.456 e. The summed E-state index contributed by atoms with van der Waals surface area (Å²) < 4.78 is 30.6. The Morgan fingerprint density at radius 2 is 0.865 bits per heavy atom. The fourth-order valence-electron chi connectivity index (χ4n) is 7.66. The van der Waals surface area contributed by atoms with Gasteiger partial charge in [0.1, 0.15) is 19.3 Å². The van der Waals surface area contributed by atoms with E-state index in [4.69, 9.17) is 13.8 Å². The van der Waals surface area contributed by atoms with Crippen LogP contribution in [0.1, 0.15) is 220 Å². The molecule has 2 N–H and O–H groups in total. The zero-order valence-corrected chi connectivity index (χ0v) is 48.9. The Hall–Kier alpha value is -3.59. The minimum absolute atomic E-state index is 0.0218. The van der Waals surface area contributed by atoms with Crippen LogP contribution in [0.3, 0.4) is 0 Å². The summed E-state index contributed by atoms with van der Waals surface area (Å²) in [4.78, 5) is 37.6. The third-order valence-corrected chi connectivity index (χ3v) is 13.1. The number of allylic oxidation sites excluding steroid dienone is 19. The maximum atomic E-state index is 13.5. The van der Waals surface area contributed by atoms with E-state index in [1.807, 2.05) is 33.3 Å². The molecule has 9 nitrogen and oxygen atoms in total. The van der Waals surface area contributed by atoms with Crippen molar-refractivity contribution >= 4 is 19.7 Å². The summed E-state index contributed by atoms with van der Waals surface area (Å²) >= 11 is 0. The SMILES string of the molecule is CC/C=C\C/C=C\C/C=C\C/C=C\C/C=C\C/C=C\CCCCC(=O)OC(/C=C\CCCCCCCCCCCCC)C(COP(=O)(O)OCC[N+](C)(C)C)NC(=O)CCCCCC/C=C/C/C=C/C/C=C/CC. The molecule has 422 valence electrons. The fraction of sp³-hybridized carbons (Fsp3) is 0.656. The van der Waals surface area contributed by atoms with Crippen molar-refractivity contribution in [2.45, 2.75) is 232 Å². The van der Waals surface area contributed by atoms with Gasteiger partial charge in [0.15, 0.2) is 0 Å². The summed E-state index contributed by atoms with van der Waals surface area (Å²) in [6, 6.07) is -0.886. The molecular formula is C64H110N2O7P+. The van der Waals surface area contributed by atoms with Gasteiger partial charge in [0.25, 0.3) is 0 Å². The van der Waals surface area contributed by atoms with Crippen LogP contribution in [0.2, 0.25) is 0 Å². The monoisotopic (exact) mass is 1050 g/mol. The lowest BCUT2D eigenvalue weighted by molar-refractivity contribution is -0.870. The molecule has 3 atom stereocenters. The quantitative estimate of drug-likeness (QED) is 0.0205. The lowest BCUT2D eigenvalue weighted by atomic mass is 10.0. The maximum Gasteiger partial charge on any atom is 0.472 e. The molecule has 0 aliphatic rings. The van der Waals surface area contributed by atoms with Gasteiger partial charge in [0.2, 0.25) is 5.91 Å². The Labute approximate surface area is 454 Å². The highest BCUT2D eigenvalue weighted by Gasteiger charge is 2.30. The third kappa shape index (κ3) is 53.2. The largest absolute Gasteiger partial charge is 0.472 e. The zero-order valence-electron chi connectivity index (χ0n) is 48.0. The topological polar surface area (TPSA) is 111 Å². The van der Waals surface area contributed by atoms with Gasteiger partial charge < -0.3 is 19.4 Å². The lowest BCUT2D eigenvalue weighted by Gasteiger charge is -2.27. The summed E-state index contributed by atoms with van der Waals surface area (Å²) in [6.07, 6.45) is 73.4. The molecule has 0 aliphatic carbocycles. The van der Waals surface area contributed by atoms with Crippen LogP contribution < -0.4 is 5.32 Å². The Kier molecular flexibility index (Phi) is 50.3.